The van der Waals surface area contributed by atoms with E-state index < -0.39 is 5.97 Å². The summed E-state index contributed by atoms with van der Waals surface area (Å²) in [5.41, 5.74) is 0.389. The van der Waals surface area contributed by atoms with Crippen LogP contribution in [0.3, 0.4) is 0 Å². The molecule has 1 aliphatic carbocycles. The van der Waals surface area contributed by atoms with Crippen molar-refractivity contribution < 1.29 is 9.90 Å². The molecule has 1 N–H and O–H groups in total. The van der Waals surface area contributed by atoms with Gasteiger partial charge in [-0.05, 0) is 13.8 Å². The molecule has 1 aliphatic rings. The number of hydrogen-bond donors (Lipinski definition) is 1. The van der Waals surface area contributed by atoms with Crippen molar-refractivity contribution in [3.8, 4) is 0 Å². The van der Waals surface area contributed by atoms with E-state index in [2.05, 4.69) is 0 Å². The highest BCUT2D eigenvalue weighted by molar-refractivity contribution is 5.85. The van der Waals surface area contributed by atoms with Gasteiger partial charge in [-0.3, -0.25) is 0 Å². The number of carbonyl (C=O) groups is 1. The highest BCUT2D eigenvalue weighted by atomic mass is 16.4. The lowest BCUT2D eigenvalue weighted by atomic mass is 10.0. The first-order valence-electron chi connectivity index (χ1n) is 5.04. The van der Waals surface area contributed by atoms with Gasteiger partial charge in [0.2, 0.25) is 0 Å². The molecule has 0 atom stereocenters. The van der Waals surface area contributed by atoms with Crippen LogP contribution in [-0.2, 0) is 4.79 Å². The summed E-state index contributed by atoms with van der Waals surface area (Å²) in [7, 11) is 0. The third-order valence-corrected chi connectivity index (χ3v) is 2.27. The predicted octanol–water partition coefficient (Wildman–Crippen LogP) is 3.38. The lowest BCUT2D eigenvalue weighted by molar-refractivity contribution is -0.132. The molecule has 76 valence electrons. The third-order valence-electron chi connectivity index (χ3n) is 2.27. The molecule has 1 fully saturated rings. The van der Waals surface area contributed by atoms with Crippen LogP contribution in [0.15, 0.2) is 11.6 Å². The molecule has 0 aromatic carbocycles. The van der Waals surface area contributed by atoms with Crippen molar-refractivity contribution in [1.82, 2.24) is 0 Å². The second-order valence-corrected chi connectivity index (χ2v) is 3.40. The highest BCUT2D eigenvalue weighted by Gasteiger charge is 1.95. The van der Waals surface area contributed by atoms with Gasteiger partial charge in [-0.1, -0.05) is 44.6 Å². The fraction of sp³-hybridized carbons (Fsp3) is 0.727. The zero-order chi connectivity index (χ0) is 10.1. The standard InChI is InChI=1S/C6H12.C5H8O2/c1-2-4-6-5-3-1;1-3-4(2)5(6)7/h1-6H2;3H,1-2H3,(H,6,7). The molecule has 0 saturated heterocycles. The van der Waals surface area contributed by atoms with Crippen LogP contribution in [0, 0.1) is 0 Å². The van der Waals surface area contributed by atoms with E-state index in [0.29, 0.717) is 5.57 Å². The molecular formula is C11H20O2. The summed E-state index contributed by atoms with van der Waals surface area (Å²) in [6.45, 7) is 3.26. The lowest BCUT2D eigenvalue weighted by Gasteiger charge is -2.05. The number of rotatable bonds is 1. The van der Waals surface area contributed by atoms with E-state index >= 15 is 0 Å². The second-order valence-electron chi connectivity index (χ2n) is 3.40. The molecule has 0 unspecified atom stereocenters. The zero-order valence-corrected chi connectivity index (χ0v) is 8.68. The topological polar surface area (TPSA) is 37.3 Å². The molecular weight excluding hydrogens is 164 g/mol. The number of carboxylic acids is 1. The van der Waals surface area contributed by atoms with E-state index in [1.165, 1.54) is 38.5 Å². The van der Waals surface area contributed by atoms with Gasteiger partial charge in [0.25, 0.3) is 0 Å². The molecule has 0 aromatic rings. The van der Waals surface area contributed by atoms with Gasteiger partial charge in [0.15, 0.2) is 0 Å². The molecule has 0 bridgehead atoms. The first kappa shape index (κ1) is 12.2. The Bertz CT molecular complexity index is 155. The maximum Gasteiger partial charge on any atom is 0.330 e. The molecule has 2 nitrogen and oxygen atoms in total. The molecule has 0 spiro atoms. The monoisotopic (exact) mass is 184 g/mol. The number of carboxylic acid groups (broad SMARTS) is 1. The summed E-state index contributed by atoms with van der Waals surface area (Å²) in [6.07, 6.45) is 10.6. The van der Waals surface area contributed by atoms with Gasteiger partial charge in [-0.25, -0.2) is 4.79 Å². The van der Waals surface area contributed by atoms with E-state index in [1.54, 1.807) is 19.9 Å². The smallest absolute Gasteiger partial charge is 0.330 e. The van der Waals surface area contributed by atoms with Crippen molar-refractivity contribution in [1.29, 1.82) is 0 Å². The average molecular weight is 184 g/mol. The van der Waals surface area contributed by atoms with Crippen LogP contribution in [0.4, 0.5) is 0 Å². The van der Waals surface area contributed by atoms with E-state index in [0.717, 1.165) is 0 Å². The number of allylic oxidation sites excluding steroid dienone is 1. The molecule has 1 rings (SSSR count). The molecule has 1 saturated carbocycles. The minimum atomic E-state index is -0.845. The Balaban J connectivity index is 0.000000223. The van der Waals surface area contributed by atoms with Gasteiger partial charge in [0.1, 0.15) is 0 Å². The van der Waals surface area contributed by atoms with Crippen LogP contribution in [0.5, 0.6) is 0 Å². The lowest BCUT2D eigenvalue weighted by Crippen LogP contribution is -1.93. The molecule has 2 heteroatoms. The van der Waals surface area contributed by atoms with Crippen LogP contribution in [0.25, 0.3) is 0 Å². The van der Waals surface area contributed by atoms with Gasteiger partial charge in [0, 0.05) is 5.57 Å². The Kier molecular flexibility index (Phi) is 7.36. The summed E-state index contributed by atoms with van der Waals surface area (Å²) in [4.78, 5) is 9.86. The largest absolute Gasteiger partial charge is 0.478 e. The van der Waals surface area contributed by atoms with Crippen molar-refractivity contribution in [3.63, 3.8) is 0 Å². The van der Waals surface area contributed by atoms with Gasteiger partial charge in [0.05, 0.1) is 0 Å². The zero-order valence-electron chi connectivity index (χ0n) is 8.68. The van der Waals surface area contributed by atoms with Crippen molar-refractivity contribution in [3.05, 3.63) is 11.6 Å². The van der Waals surface area contributed by atoms with Crippen molar-refractivity contribution in [2.75, 3.05) is 0 Å². The molecule has 0 amide bonds. The molecule has 0 aliphatic heterocycles. The Morgan fingerprint density at radius 2 is 1.38 bits per heavy atom. The Morgan fingerprint density at radius 1 is 1.08 bits per heavy atom. The predicted molar refractivity (Wildman–Crippen MR) is 54.8 cm³/mol. The van der Waals surface area contributed by atoms with Crippen LogP contribution in [0.2, 0.25) is 0 Å². The first-order chi connectivity index (χ1) is 6.18. The summed E-state index contributed by atoms with van der Waals surface area (Å²) < 4.78 is 0. The molecule has 0 heterocycles. The van der Waals surface area contributed by atoms with E-state index in [4.69, 9.17) is 5.11 Å². The number of aliphatic carboxylic acids is 1. The molecule has 0 aromatic heterocycles. The van der Waals surface area contributed by atoms with E-state index in [-0.39, 0.29) is 0 Å². The maximum atomic E-state index is 9.86. The first-order valence-corrected chi connectivity index (χ1v) is 5.04. The summed E-state index contributed by atoms with van der Waals surface area (Å²) in [5.74, 6) is -0.845. The SMILES string of the molecule is C1CCCCC1.CC=C(C)C(=O)O. The minimum Gasteiger partial charge on any atom is -0.478 e. The quantitative estimate of drug-likeness (QED) is 0.634. The normalized spacial score (nSPS) is 17.2. The van der Waals surface area contributed by atoms with Gasteiger partial charge < -0.3 is 5.11 Å². The summed E-state index contributed by atoms with van der Waals surface area (Å²) in [6, 6.07) is 0. The summed E-state index contributed by atoms with van der Waals surface area (Å²) in [5, 5.41) is 8.11. The van der Waals surface area contributed by atoms with Crippen LogP contribution in [-0.4, -0.2) is 11.1 Å². The van der Waals surface area contributed by atoms with E-state index in [1.807, 2.05) is 0 Å². The van der Waals surface area contributed by atoms with Crippen LogP contribution >= 0.6 is 0 Å². The fourth-order valence-corrected chi connectivity index (χ4v) is 1.18. The second kappa shape index (κ2) is 7.84. The Hall–Kier alpha value is -0.790. The van der Waals surface area contributed by atoms with Gasteiger partial charge in [-0.15, -0.1) is 0 Å². The Labute approximate surface area is 80.7 Å². The van der Waals surface area contributed by atoms with Crippen molar-refractivity contribution >= 4 is 5.97 Å². The third kappa shape index (κ3) is 7.57. The average Bonchev–Trinajstić information content (AvgIpc) is 2.20. The summed E-state index contributed by atoms with van der Waals surface area (Å²) >= 11 is 0. The maximum absolute atomic E-state index is 9.86. The fourth-order valence-electron chi connectivity index (χ4n) is 1.18. The van der Waals surface area contributed by atoms with Crippen LogP contribution < -0.4 is 0 Å². The van der Waals surface area contributed by atoms with Crippen molar-refractivity contribution in [2.45, 2.75) is 52.4 Å². The Morgan fingerprint density at radius 3 is 1.46 bits per heavy atom. The molecule has 0 radical (unpaired) electrons. The molecule has 13 heavy (non-hydrogen) atoms. The minimum absolute atomic E-state index is 0.389. The van der Waals surface area contributed by atoms with Crippen molar-refractivity contribution in [2.24, 2.45) is 0 Å². The van der Waals surface area contributed by atoms with E-state index in [9.17, 15) is 4.79 Å². The van der Waals surface area contributed by atoms with Gasteiger partial charge in [-0.2, -0.15) is 0 Å². The number of hydrogen-bond acceptors (Lipinski definition) is 1. The van der Waals surface area contributed by atoms with Crippen LogP contribution in [0.1, 0.15) is 52.4 Å². The van der Waals surface area contributed by atoms with Gasteiger partial charge >= 0.3 is 5.97 Å². The highest BCUT2D eigenvalue weighted by Crippen LogP contribution is 2.15.